The summed E-state index contributed by atoms with van der Waals surface area (Å²) in [7, 11) is 0. The van der Waals surface area contributed by atoms with Gasteiger partial charge in [-0.2, -0.15) is 11.3 Å². The van der Waals surface area contributed by atoms with Crippen LogP contribution in [0.25, 0.3) is 0 Å². The first-order chi connectivity index (χ1) is 7.59. The molecule has 84 valence electrons. The highest BCUT2D eigenvalue weighted by Crippen LogP contribution is 2.27. The van der Waals surface area contributed by atoms with E-state index in [1.165, 1.54) is 27.8 Å². The van der Waals surface area contributed by atoms with Gasteiger partial charge in [-0.05, 0) is 59.9 Å². The number of nitrogens with two attached hydrogens (primary N) is 1. The average molecular weight is 231 g/mol. The summed E-state index contributed by atoms with van der Waals surface area (Å²) in [6.07, 6.45) is 0. The van der Waals surface area contributed by atoms with E-state index in [1.54, 1.807) is 11.3 Å². The van der Waals surface area contributed by atoms with Gasteiger partial charge < -0.3 is 5.73 Å². The van der Waals surface area contributed by atoms with Crippen molar-refractivity contribution in [1.82, 2.24) is 0 Å². The molecule has 0 radical (unpaired) electrons. The SMILES string of the molecule is Cc1cc(C)c([C@H](N)c2ccsc2)c(C)c1. The van der Waals surface area contributed by atoms with Gasteiger partial charge in [-0.25, -0.2) is 0 Å². The molecule has 0 bridgehead atoms. The zero-order valence-electron chi connectivity index (χ0n) is 9.95. The zero-order valence-corrected chi connectivity index (χ0v) is 10.8. The van der Waals surface area contributed by atoms with Crippen LogP contribution >= 0.6 is 11.3 Å². The molecular formula is C14H17NS. The van der Waals surface area contributed by atoms with Crippen molar-refractivity contribution in [3.63, 3.8) is 0 Å². The summed E-state index contributed by atoms with van der Waals surface area (Å²) < 4.78 is 0. The van der Waals surface area contributed by atoms with Crippen LogP contribution in [0.5, 0.6) is 0 Å². The number of hydrogen-bond donors (Lipinski definition) is 1. The molecule has 2 rings (SSSR count). The first-order valence-corrected chi connectivity index (χ1v) is 6.39. The molecule has 0 aliphatic rings. The molecule has 1 atom stereocenters. The lowest BCUT2D eigenvalue weighted by Gasteiger charge is -2.17. The Balaban J connectivity index is 2.48. The fourth-order valence-corrected chi connectivity index (χ4v) is 3.00. The highest BCUT2D eigenvalue weighted by molar-refractivity contribution is 7.08. The maximum absolute atomic E-state index is 6.32. The predicted molar refractivity (Wildman–Crippen MR) is 71.0 cm³/mol. The molecule has 2 N–H and O–H groups in total. The van der Waals surface area contributed by atoms with Gasteiger partial charge in [-0.1, -0.05) is 17.7 Å². The molecule has 0 spiro atoms. The topological polar surface area (TPSA) is 26.0 Å². The van der Waals surface area contributed by atoms with Crippen molar-refractivity contribution >= 4 is 11.3 Å². The lowest BCUT2D eigenvalue weighted by molar-refractivity contribution is 0.855. The minimum absolute atomic E-state index is 0.00634. The van der Waals surface area contributed by atoms with Crippen LogP contribution in [0.15, 0.2) is 29.0 Å². The van der Waals surface area contributed by atoms with Crippen LogP contribution in [-0.4, -0.2) is 0 Å². The lowest BCUT2D eigenvalue weighted by atomic mass is 9.92. The van der Waals surface area contributed by atoms with E-state index in [2.05, 4.69) is 49.7 Å². The fraction of sp³-hybridized carbons (Fsp3) is 0.286. The molecule has 16 heavy (non-hydrogen) atoms. The van der Waals surface area contributed by atoms with Gasteiger partial charge in [0, 0.05) is 0 Å². The molecular weight excluding hydrogens is 214 g/mol. The number of aryl methyl sites for hydroxylation is 3. The predicted octanol–water partition coefficient (Wildman–Crippen LogP) is 3.72. The van der Waals surface area contributed by atoms with Crippen LogP contribution in [0.4, 0.5) is 0 Å². The third-order valence-corrected chi connectivity index (χ3v) is 3.65. The molecule has 2 aromatic rings. The summed E-state index contributed by atoms with van der Waals surface area (Å²) >= 11 is 1.70. The summed E-state index contributed by atoms with van der Waals surface area (Å²) in [4.78, 5) is 0. The Bertz CT molecular complexity index is 462. The molecule has 0 aliphatic heterocycles. The standard InChI is InChI=1S/C14H17NS/c1-9-6-10(2)13(11(3)7-9)14(15)12-4-5-16-8-12/h4-8,14H,15H2,1-3H3/t14-/m1/s1. The molecule has 0 saturated heterocycles. The summed E-state index contributed by atoms with van der Waals surface area (Å²) in [5.74, 6) is 0. The monoisotopic (exact) mass is 231 g/mol. The highest BCUT2D eigenvalue weighted by Gasteiger charge is 2.14. The van der Waals surface area contributed by atoms with Gasteiger partial charge in [0.25, 0.3) is 0 Å². The molecule has 1 nitrogen and oxygen atoms in total. The van der Waals surface area contributed by atoms with Gasteiger partial charge in [-0.15, -0.1) is 0 Å². The normalized spacial score (nSPS) is 12.8. The molecule has 0 saturated carbocycles. The van der Waals surface area contributed by atoms with Gasteiger partial charge in [0.05, 0.1) is 6.04 Å². The Morgan fingerprint density at radius 1 is 1.12 bits per heavy atom. The first-order valence-electron chi connectivity index (χ1n) is 5.45. The molecule has 0 aliphatic carbocycles. The van der Waals surface area contributed by atoms with Gasteiger partial charge in [0.2, 0.25) is 0 Å². The van der Waals surface area contributed by atoms with Crippen molar-refractivity contribution in [1.29, 1.82) is 0 Å². The Hall–Kier alpha value is -1.12. The van der Waals surface area contributed by atoms with Gasteiger partial charge >= 0.3 is 0 Å². The Morgan fingerprint density at radius 3 is 2.25 bits per heavy atom. The summed E-state index contributed by atoms with van der Waals surface area (Å²) in [6, 6.07) is 6.52. The Morgan fingerprint density at radius 2 is 1.75 bits per heavy atom. The van der Waals surface area contributed by atoms with Crippen molar-refractivity contribution in [2.75, 3.05) is 0 Å². The minimum atomic E-state index is 0.00634. The third-order valence-electron chi connectivity index (χ3n) is 2.95. The quantitative estimate of drug-likeness (QED) is 0.837. The molecule has 1 heterocycles. The van der Waals surface area contributed by atoms with E-state index in [-0.39, 0.29) is 6.04 Å². The number of benzene rings is 1. The van der Waals surface area contributed by atoms with E-state index in [0.717, 1.165) is 0 Å². The maximum atomic E-state index is 6.32. The molecule has 1 aromatic carbocycles. The third kappa shape index (κ3) is 2.04. The molecule has 1 aromatic heterocycles. The van der Waals surface area contributed by atoms with E-state index in [4.69, 9.17) is 5.73 Å². The zero-order chi connectivity index (χ0) is 11.7. The molecule has 0 fully saturated rings. The van der Waals surface area contributed by atoms with E-state index in [9.17, 15) is 0 Å². The minimum Gasteiger partial charge on any atom is -0.320 e. The smallest absolute Gasteiger partial charge is 0.0565 e. The first kappa shape index (κ1) is 11.4. The number of hydrogen-bond acceptors (Lipinski definition) is 2. The van der Waals surface area contributed by atoms with Crippen LogP contribution in [-0.2, 0) is 0 Å². The van der Waals surface area contributed by atoms with Crippen molar-refractivity contribution in [2.45, 2.75) is 26.8 Å². The van der Waals surface area contributed by atoms with Crippen molar-refractivity contribution in [2.24, 2.45) is 5.73 Å². The second kappa shape index (κ2) is 4.40. The van der Waals surface area contributed by atoms with Crippen LogP contribution in [0.2, 0.25) is 0 Å². The van der Waals surface area contributed by atoms with Crippen molar-refractivity contribution in [3.8, 4) is 0 Å². The van der Waals surface area contributed by atoms with Crippen LogP contribution in [0, 0.1) is 20.8 Å². The Labute approximate surface area is 101 Å². The second-order valence-corrected chi connectivity index (χ2v) is 5.13. The van der Waals surface area contributed by atoms with E-state index in [1.807, 2.05) is 0 Å². The van der Waals surface area contributed by atoms with Crippen molar-refractivity contribution < 1.29 is 0 Å². The largest absolute Gasteiger partial charge is 0.320 e. The average Bonchev–Trinajstić information content (AvgIpc) is 2.67. The lowest BCUT2D eigenvalue weighted by Crippen LogP contribution is -2.14. The molecule has 2 heteroatoms. The number of rotatable bonds is 2. The highest BCUT2D eigenvalue weighted by atomic mass is 32.1. The molecule has 0 unspecified atom stereocenters. The summed E-state index contributed by atoms with van der Waals surface area (Å²) in [5, 5.41) is 4.21. The van der Waals surface area contributed by atoms with Gasteiger partial charge in [0.1, 0.15) is 0 Å². The molecule has 0 amide bonds. The fourth-order valence-electron chi connectivity index (χ4n) is 2.30. The van der Waals surface area contributed by atoms with Gasteiger partial charge in [0.15, 0.2) is 0 Å². The van der Waals surface area contributed by atoms with E-state index in [0.29, 0.717) is 0 Å². The summed E-state index contributed by atoms with van der Waals surface area (Å²) in [5.41, 5.74) is 12.7. The van der Waals surface area contributed by atoms with E-state index < -0.39 is 0 Å². The van der Waals surface area contributed by atoms with Gasteiger partial charge in [-0.3, -0.25) is 0 Å². The number of thiophene rings is 1. The maximum Gasteiger partial charge on any atom is 0.0565 e. The van der Waals surface area contributed by atoms with Crippen molar-refractivity contribution in [3.05, 3.63) is 56.8 Å². The van der Waals surface area contributed by atoms with Crippen LogP contribution in [0.1, 0.15) is 33.9 Å². The van der Waals surface area contributed by atoms with E-state index >= 15 is 0 Å². The summed E-state index contributed by atoms with van der Waals surface area (Å²) in [6.45, 7) is 6.41. The van der Waals surface area contributed by atoms with Crippen LogP contribution < -0.4 is 5.73 Å². The Kier molecular flexibility index (Phi) is 3.13. The van der Waals surface area contributed by atoms with Crippen LogP contribution in [0.3, 0.4) is 0 Å². The second-order valence-electron chi connectivity index (χ2n) is 4.35.